The van der Waals surface area contributed by atoms with Crippen LogP contribution in [0.3, 0.4) is 0 Å². The van der Waals surface area contributed by atoms with Gasteiger partial charge in [-0.3, -0.25) is 0 Å². The summed E-state index contributed by atoms with van der Waals surface area (Å²) < 4.78 is 5.82. The SMILES string of the molecule is CC(C)CCOc1cccc(NCc2ccc(C(C)(C)C)cc2)c1. The van der Waals surface area contributed by atoms with Gasteiger partial charge in [0.25, 0.3) is 0 Å². The molecule has 0 amide bonds. The third-order valence-electron chi connectivity index (χ3n) is 4.11. The fourth-order valence-electron chi connectivity index (χ4n) is 2.44. The number of ether oxygens (including phenoxy) is 1. The summed E-state index contributed by atoms with van der Waals surface area (Å²) in [5, 5.41) is 3.48. The van der Waals surface area contributed by atoms with Gasteiger partial charge in [0.1, 0.15) is 5.75 Å². The second-order valence-corrected chi connectivity index (χ2v) is 7.86. The average Bonchev–Trinajstić information content (AvgIpc) is 2.52. The van der Waals surface area contributed by atoms with Gasteiger partial charge in [0.15, 0.2) is 0 Å². The standard InChI is InChI=1S/C22H31NO/c1-17(2)13-14-24-21-8-6-7-20(15-21)23-16-18-9-11-19(12-10-18)22(3,4)5/h6-12,15,17,23H,13-14,16H2,1-5H3. The molecule has 130 valence electrons. The molecule has 0 atom stereocenters. The molecule has 0 aliphatic carbocycles. The Morgan fingerprint density at radius 1 is 1.00 bits per heavy atom. The van der Waals surface area contributed by atoms with E-state index < -0.39 is 0 Å². The molecule has 0 saturated carbocycles. The molecule has 0 saturated heterocycles. The first-order valence-electron chi connectivity index (χ1n) is 8.91. The summed E-state index contributed by atoms with van der Waals surface area (Å²) in [6, 6.07) is 17.1. The molecule has 2 aromatic rings. The zero-order valence-electron chi connectivity index (χ0n) is 15.7. The molecule has 0 spiro atoms. The molecule has 2 heteroatoms. The van der Waals surface area contributed by atoms with E-state index in [1.165, 1.54) is 11.1 Å². The van der Waals surface area contributed by atoms with Crippen LogP contribution in [-0.4, -0.2) is 6.61 Å². The molecule has 0 heterocycles. The van der Waals surface area contributed by atoms with Gasteiger partial charge in [-0.05, 0) is 41.0 Å². The molecule has 0 aliphatic rings. The Morgan fingerprint density at radius 3 is 2.33 bits per heavy atom. The van der Waals surface area contributed by atoms with Crippen LogP contribution >= 0.6 is 0 Å². The summed E-state index contributed by atoms with van der Waals surface area (Å²) in [5.41, 5.74) is 3.95. The van der Waals surface area contributed by atoms with Crippen molar-refractivity contribution in [3.05, 3.63) is 59.7 Å². The summed E-state index contributed by atoms with van der Waals surface area (Å²) in [7, 11) is 0. The lowest BCUT2D eigenvalue weighted by Gasteiger charge is -2.19. The van der Waals surface area contributed by atoms with Crippen molar-refractivity contribution in [2.45, 2.75) is 53.0 Å². The van der Waals surface area contributed by atoms with Crippen molar-refractivity contribution in [3.63, 3.8) is 0 Å². The zero-order valence-corrected chi connectivity index (χ0v) is 15.7. The van der Waals surface area contributed by atoms with Crippen LogP contribution < -0.4 is 10.1 Å². The number of hydrogen-bond donors (Lipinski definition) is 1. The molecule has 24 heavy (non-hydrogen) atoms. The van der Waals surface area contributed by atoms with Gasteiger partial charge in [0, 0.05) is 18.3 Å². The average molecular weight is 325 g/mol. The molecular weight excluding hydrogens is 294 g/mol. The number of nitrogens with one attached hydrogen (secondary N) is 1. The molecule has 0 bridgehead atoms. The van der Waals surface area contributed by atoms with E-state index in [4.69, 9.17) is 4.74 Å². The quantitative estimate of drug-likeness (QED) is 0.672. The van der Waals surface area contributed by atoms with Gasteiger partial charge in [0.05, 0.1) is 6.61 Å². The first-order valence-corrected chi connectivity index (χ1v) is 8.91. The van der Waals surface area contributed by atoms with E-state index in [0.717, 1.165) is 31.0 Å². The summed E-state index contributed by atoms with van der Waals surface area (Å²) in [6.07, 6.45) is 1.08. The van der Waals surface area contributed by atoms with E-state index in [-0.39, 0.29) is 5.41 Å². The third kappa shape index (κ3) is 5.92. The summed E-state index contributed by atoms with van der Waals surface area (Å²) in [5.74, 6) is 1.60. The highest BCUT2D eigenvalue weighted by molar-refractivity contribution is 5.48. The van der Waals surface area contributed by atoms with Crippen molar-refractivity contribution in [3.8, 4) is 5.75 Å². The topological polar surface area (TPSA) is 21.3 Å². The molecule has 0 unspecified atom stereocenters. The largest absolute Gasteiger partial charge is 0.494 e. The van der Waals surface area contributed by atoms with Gasteiger partial charge in [-0.1, -0.05) is 65.0 Å². The second-order valence-electron chi connectivity index (χ2n) is 7.86. The predicted octanol–water partition coefficient (Wildman–Crippen LogP) is 6.02. The van der Waals surface area contributed by atoms with Crippen LogP contribution in [-0.2, 0) is 12.0 Å². The fourth-order valence-corrected chi connectivity index (χ4v) is 2.44. The van der Waals surface area contributed by atoms with Crippen LogP contribution in [0.15, 0.2) is 48.5 Å². The van der Waals surface area contributed by atoms with Crippen molar-refractivity contribution in [2.75, 3.05) is 11.9 Å². The molecule has 1 N–H and O–H groups in total. The van der Waals surface area contributed by atoms with Gasteiger partial charge in [-0.2, -0.15) is 0 Å². The molecule has 2 aromatic carbocycles. The molecule has 2 rings (SSSR count). The number of rotatable bonds is 7. The number of hydrogen-bond acceptors (Lipinski definition) is 2. The van der Waals surface area contributed by atoms with Gasteiger partial charge in [-0.15, -0.1) is 0 Å². The molecule has 0 radical (unpaired) electrons. The van der Waals surface area contributed by atoms with Crippen molar-refractivity contribution in [1.29, 1.82) is 0 Å². The predicted molar refractivity (Wildman–Crippen MR) is 104 cm³/mol. The lowest BCUT2D eigenvalue weighted by molar-refractivity contribution is 0.289. The number of benzene rings is 2. The van der Waals surface area contributed by atoms with Crippen LogP contribution in [0.4, 0.5) is 5.69 Å². The van der Waals surface area contributed by atoms with Crippen LogP contribution in [0.5, 0.6) is 5.75 Å². The highest BCUT2D eigenvalue weighted by Crippen LogP contribution is 2.23. The summed E-state index contributed by atoms with van der Waals surface area (Å²) in [6.45, 7) is 12.7. The molecule has 2 nitrogen and oxygen atoms in total. The van der Waals surface area contributed by atoms with Crippen LogP contribution in [0.1, 0.15) is 52.2 Å². The first-order chi connectivity index (χ1) is 11.3. The second kappa shape index (κ2) is 8.23. The molecule has 0 aliphatic heterocycles. The maximum Gasteiger partial charge on any atom is 0.121 e. The van der Waals surface area contributed by atoms with E-state index >= 15 is 0 Å². The van der Waals surface area contributed by atoms with E-state index in [9.17, 15) is 0 Å². The van der Waals surface area contributed by atoms with E-state index in [1.54, 1.807) is 0 Å². The third-order valence-corrected chi connectivity index (χ3v) is 4.11. The Morgan fingerprint density at radius 2 is 1.71 bits per heavy atom. The lowest BCUT2D eigenvalue weighted by atomic mass is 9.87. The Balaban J connectivity index is 1.90. The van der Waals surface area contributed by atoms with Gasteiger partial charge >= 0.3 is 0 Å². The van der Waals surface area contributed by atoms with E-state index in [2.05, 4.69) is 76.3 Å². The minimum atomic E-state index is 0.202. The maximum atomic E-state index is 5.82. The van der Waals surface area contributed by atoms with E-state index in [1.807, 2.05) is 12.1 Å². The summed E-state index contributed by atoms with van der Waals surface area (Å²) in [4.78, 5) is 0. The summed E-state index contributed by atoms with van der Waals surface area (Å²) >= 11 is 0. The smallest absolute Gasteiger partial charge is 0.121 e. The van der Waals surface area contributed by atoms with Crippen molar-refractivity contribution in [1.82, 2.24) is 0 Å². The van der Waals surface area contributed by atoms with Crippen LogP contribution in [0, 0.1) is 5.92 Å². The minimum absolute atomic E-state index is 0.202. The van der Waals surface area contributed by atoms with Gasteiger partial charge < -0.3 is 10.1 Å². The molecular formula is C22H31NO. The van der Waals surface area contributed by atoms with Gasteiger partial charge in [-0.25, -0.2) is 0 Å². The van der Waals surface area contributed by atoms with E-state index in [0.29, 0.717) is 5.92 Å². The molecule has 0 fully saturated rings. The van der Waals surface area contributed by atoms with Crippen LogP contribution in [0.2, 0.25) is 0 Å². The van der Waals surface area contributed by atoms with Crippen LogP contribution in [0.25, 0.3) is 0 Å². The van der Waals surface area contributed by atoms with Crippen molar-refractivity contribution in [2.24, 2.45) is 5.92 Å². The monoisotopic (exact) mass is 325 g/mol. The normalized spacial score (nSPS) is 11.6. The Bertz CT molecular complexity index is 623. The van der Waals surface area contributed by atoms with Crippen molar-refractivity contribution < 1.29 is 4.74 Å². The Kier molecular flexibility index (Phi) is 6.30. The first kappa shape index (κ1) is 18.4. The van der Waals surface area contributed by atoms with Crippen molar-refractivity contribution >= 4 is 5.69 Å². The highest BCUT2D eigenvalue weighted by Gasteiger charge is 2.12. The fraction of sp³-hybridized carbons (Fsp3) is 0.455. The lowest BCUT2D eigenvalue weighted by Crippen LogP contribution is -2.11. The minimum Gasteiger partial charge on any atom is -0.494 e. The maximum absolute atomic E-state index is 5.82. The number of anilines is 1. The molecule has 0 aromatic heterocycles. The highest BCUT2D eigenvalue weighted by atomic mass is 16.5. The Hall–Kier alpha value is -1.96. The Labute approximate surface area is 147 Å². The van der Waals surface area contributed by atoms with Gasteiger partial charge in [0.2, 0.25) is 0 Å². The zero-order chi connectivity index (χ0) is 17.6.